The molecule has 0 aliphatic rings. The monoisotopic (exact) mass is 396 g/mol. The number of carbonyl (C=O) groups excluding carboxylic acids is 2. The van der Waals surface area contributed by atoms with E-state index < -0.39 is 29.9 Å². The first-order chi connectivity index (χ1) is 13.7. The predicted octanol–water partition coefficient (Wildman–Crippen LogP) is 2.37. The lowest BCUT2D eigenvalue weighted by atomic mass is 10.0. The summed E-state index contributed by atoms with van der Waals surface area (Å²) in [5, 5.41) is 16.1. The molecule has 0 aliphatic heterocycles. The van der Waals surface area contributed by atoms with Crippen LogP contribution in [0.3, 0.4) is 0 Å². The molecule has 2 amide bonds. The predicted molar refractivity (Wildman–Crippen MR) is 110 cm³/mol. The number of rotatable bonds is 6. The van der Waals surface area contributed by atoms with Crippen molar-refractivity contribution >= 4 is 39.6 Å². The molecular formula is C21H24N4O4. The minimum atomic E-state index is -1.12. The summed E-state index contributed by atoms with van der Waals surface area (Å²) in [6.45, 7) is 6.71. The van der Waals surface area contributed by atoms with Crippen LogP contribution in [0.5, 0.6) is 0 Å². The highest BCUT2D eigenvalue weighted by Gasteiger charge is 2.27. The van der Waals surface area contributed by atoms with E-state index in [0.29, 0.717) is 5.69 Å². The molecule has 1 aromatic carbocycles. The number of fused-ring (bicyclic) bond motifs is 3. The minimum Gasteiger partial charge on any atom is -0.480 e. The summed E-state index contributed by atoms with van der Waals surface area (Å²) < 4.78 is 0. The Kier molecular flexibility index (Phi) is 5.54. The number of hydrogen-bond donors (Lipinski definition) is 4. The number of carbonyl (C=O) groups is 3. The third kappa shape index (κ3) is 4.06. The summed E-state index contributed by atoms with van der Waals surface area (Å²) in [4.78, 5) is 43.9. The zero-order valence-corrected chi connectivity index (χ0v) is 16.7. The quantitative estimate of drug-likeness (QED) is 0.509. The summed E-state index contributed by atoms with van der Waals surface area (Å²) in [6.07, 6.45) is 0. The zero-order chi connectivity index (χ0) is 21.3. The van der Waals surface area contributed by atoms with Crippen molar-refractivity contribution < 1.29 is 19.5 Å². The molecule has 3 rings (SSSR count). The van der Waals surface area contributed by atoms with Gasteiger partial charge in [-0.15, -0.1) is 0 Å². The molecule has 2 atom stereocenters. The topological polar surface area (TPSA) is 124 Å². The maximum Gasteiger partial charge on any atom is 0.326 e. The molecule has 0 bridgehead atoms. The first kappa shape index (κ1) is 20.3. The Morgan fingerprint density at radius 2 is 1.76 bits per heavy atom. The molecular weight excluding hydrogens is 372 g/mol. The number of pyridine rings is 1. The van der Waals surface area contributed by atoms with Gasteiger partial charge in [0, 0.05) is 16.3 Å². The summed E-state index contributed by atoms with van der Waals surface area (Å²) in [5.41, 5.74) is 2.67. The number of carboxylic acid groups (broad SMARTS) is 1. The van der Waals surface area contributed by atoms with Gasteiger partial charge in [-0.1, -0.05) is 32.0 Å². The number of amides is 2. The number of aryl methyl sites for hydroxylation is 1. The average Bonchev–Trinajstić information content (AvgIpc) is 3.04. The third-order valence-corrected chi connectivity index (χ3v) is 4.88. The fourth-order valence-electron chi connectivity index (χ4n) is 3.25. The lowest BCUT2D eigenvalue weighted by molar-refractivity contribution is -0.143. The molecule has 0 saturated heterocycles. The largest absolute Gasteiger partial charge is 0.480 e. The number of para-hydroxylation sites is 1. The molecule has 0 fully saturated rings. The van der Waals surface area contributed by atoms with Crippen molar-refractivity contribution in [1.82, 2.24) is 20.6 Å². The van der Waals surface area contributed by atoms with Gasteiger partial charge in [0.15, 0.2) is 0 Å². The van der Waals surface area contributed by atoms with Gasteiger partial charge >= 0.3 is 5.97 Å². The maximum absolute atomic E-state index is 12.7. The lowest BCUT2D eigenvalue weighted by Gasteiger charge is -2.21. The SMILES string of the molecule is Cc1nc(C(=O)NC(C)C(=O)NC(C(=O)O)C(C)C)cc2c1[nH]c1ccccc12. The molecule has 8 nitrogen and oxygen atoms in total. The van der Waals surface area contributed by atoms with Gasteiger partial charge in [-0.3, -0.25) is 9.59 Å². The average molecular weight is 396 g/mol. The van der Waals surface area contributed by atoms with Gasteiger partial charge in [0.1, 0.15) is 17.8 Å². The molecule has 0 radical (unpaired) electrons. The van der Waals surface area contributed by atoms with Crippen molar-refractivity contribution in [3.05, 3.63) is 41.7 Å². The molecule has 0 saturated carbocycles. The molecule has 29 heavy (non-hydrogen) atoms. The number of benzene rings is 1. The Balaban J connectivity index is 1.81. The van der Waals surface area contributed by atoms with E-state index >= 15 is 0 Å². The van der Waals surface area contributed by atoms with Gasteiger partial charge in [0.25, 0.3) is 5.91 Å². The van der Waals surface area contributed by atoms with Gasteiger partial charge in [-0.2, -0.15) is 0 Å². The van der Waals surface area contributed by atoms with Crippen LogP contribution in [0.1, 0.15) is 37.0 Å². The van der Waals surface area contributed by atoms with E-state index in [0.717, 1.165) is 21.8 Å². The van der Waals surface area contributed by atoms with Crippen LogP contribution in [-0.4, -0.2) is 44.9 Å². The number of nitrogens with one attached hydrogen (secondary N) is 3. The van der Waals surface area contributed by atoms with E-state index in [4.69, 9.17) is 0 Å². The Morgan fingerprint density at radius 3 is 2.41 bits per heavy atom. The van der Waals surface area contributed by atoms with Crippen molar-refractivity contribution in [3.8, 4) is 0 Å². The van der Waals surface area contributed by atoms with Gasteiger partial charge < -0.3 is 20.7 Å². The zero-order valence-electron chi connectivity index (χ0n) is 16.7. The number of H-pyrrole nitrogens is 1. The highest BCUT2D eigenvalue weighted by molar-refractivity contribution is 6.10. The Morgan fingerprint density at radius 1 is 1.07 bits per heavy atom. The Bertz CT molecular complexity index is 1100. The van der Waals surface area contributed by atoms with Crippen LogP contribution >= 0.6 is 0 Å². The lowest BCUT2D eigenvalue weighted by Crippen LogP contribution is -2.52. The molecule has 2 unspecified atom stereocenters. The number of hydrogen-bond acceptors (Lipinski definition) is 4. The highest BCUT2D eigenvalue weighted by Crippen LogP contribution is 2.27. The van der Waals surface area contributed by atoms with Gasteiger partial charge in [0.05, 0.1) is 11.2 Å². The van der Waals surface area contributed by atoms with E-state index in [1.54, 1.807) is 19.9 Å². The van der Waals surface area contributed by atoms with Gasteiger partial charge in [-0.05, 0) is 31.9 Å². The number of aliphatic carboxylic acids is 1. The molecule has 8 heteroatoms. The molecule has 2 heterocycles. The van der Waals surface area contributed by atoms with Crippen molar-refractivity contribution in [2.45, 2.75) is 39.8 Å². The van der Waals surface area contributed by atoms with Crippen LogP contribution in [0, 0.1) is 12.8 Å². The van der Waals surface area contributed by atoms with E-state index in [9.17, 15) is 19.5 Å². The first-order valence-electron chi connectivity index (χ1n) is 9.41. The molecule has 3 aromatic rings. The Labute approximate surface area is 167 Å². The van der Waals surface area contributed by atoms with Crippen LogP contribution in [0.4, 0.5) is 0 Å². The van der Waals surface area contributed by atoms with Crippen molar-refractivity contribution in [2.24, 2.45) is 5.92 Å². The second-order valence-electron chi connectivity index (χ2n) is 7.45. The van der Waals surface area contributed by atoms with E-state index in [-0.39, 0.29) is 11.6 Å². The molecule has 0 aliphatic carbocycles. The van der Waals surface area contributed by atoms with Crippen LogP contribution < -0.4 is 10.6 Å². The molecule has 2 aromatic heterocycles. The fraction of sp³-hybridized carbons (Fsp3) is 0.333. The minimum absolute atomic E-state index is 0.193. The number of carboxylic acids is 1. The third-order valence-electron chi connectivity index (χ3n) is 4.88. The second kappa shape index (κ2) is 7.90. The summed E-state index contributed by atoms with van der Waals surface area (Å²) in [6, 6.07) is 7.52. The first-order valence-corrected chi connectivity index (χ1v) is 9.41. The van der Waals surface area contributed by atoms with Gasteiger partial charge in [-0.25, -0.2) is 9.78 Å². The van der Waals surface area contributed by atoms with Crippen LogP contribution in [0.25, 0.3) is 21.8 Å². The van der Waals surface area contributed by atoms with Crippen LogP contribution in [0.15, 0.2) is 30.3 Å². The van der Waals surface area contributed by atoms with E-state index in [1.807, 2.05) is 31.2 Å². The molecule has 4 N–H and O–H groups in total. The highest BCUT2D eigenvalue weighted by atomic mass is 16.4. The number of nitrogens with zero attached hydrogens (tertiary/aromatic N) is 1. The second-order valence-corrected chi connectivity index (χ2v) is 7.45. The Hall–Kier alpha value is -3.42. The van der Waals surface area contributed by atoms with Crippen molar-refractivity contribution in [1.29, 1.82) is 0 Å². The standard InChI is InChI=1S/C21H24N4O4/c1-10(2)17(21(28)29)25-19(26)12(4)23-20(27)16-9-14-13-7-5-6-8-15(13)24-18(14)11(3)22-16/h5-10,12,17,24H,1-4H3,(H,23,27)(H,25,26)(H,28,29). The van der Waals surface area contributed by atoms with Crippen LogP contribution in [0.2, 0.25) is 0 Å². The fourth-order valence-corrected chi connectivity index (χ4v) is 3.25. The summed E-state index contributed by atoms with van der Waals surface area (Å²) in [7, 11) is 0. The van der Waals surface area contributed by atoms with E-state index in [1.165, 1.54) is 6.92 Å². The smallest absolute Gasteiger partial charge is 0.326 e. The number of aromatic amines is 1. The summed E-state index contributed by atoms with van der Waals surface area (Å²) >= 11 is 0. The normalized spacial score (nSPS) is 13.4. The van der Waals surface area contributed by atoms with Gasteiger partial charge in [0.2, 0.25) is 5.91 Å². The molecule has 0 spiro atoms. The van der Waals surface area contributed by atoms with Crippen molar-refractivity contribution in [2.75, 3.05) is 0 Å². The van der Waals surface area contributed by atoms with Crippen molar-refractivity contribution in [3.63, 3.8) is 0 Å². The maximum atomic E-state index is 12.7. The van der Waals surface area contributed by atoms with E-state index in [2.05, 4.69) is 20.6 Å². The summed E-state index contributed by atoms with van der Waals surface area (Å²) in [5.74, 6) is -2.47. The van der Waals surface area contributed by atoms with Crippen LogP contribution in [-0.2, 0) is 9.59 Å². The number of aromatic nitrogens is 2. The molecule has 152 valence electrons.